The third kappa shape index (κ3) is 4.06. The van der Waals surface area contributed by atoms with Gasteiger partial charge in [0.15, 0.2) is 5.16 Å². The van der Waals surface area contributed by atoms with Crippen molar-refractivity contribution in [2.75, 3.05) is 13.2 Å². The maximum absolute atomic E-state index is 13.1. The average molecular weight is 409 g/mol. The van der Waals surface area contributed by atoms with E-state index in [0.29, 0.717) is 30.9 Å². The third-order valence-electron chi connectivity index (χ3n) is 4.80. The number of thioether (sulfide) groups is 1. The van der Waals surface area contributed by atoms with Crippen LogP contribution >= 0.6 is 11.8 Å². The largest absolute Gasteiger partial charge is 0.382 e. The van der Waals surface area contributed by atoms with Crippen LogP contribution in [0.3, 0.4) is 0 Å². The molecule has 7 heteroatoms. The van der Waals surface area contributed by atoms with E-state index in [4.69, 9.17) is 4.74 Å². The summed E-state index contributed by atoms with van der Waals surface area (Å²) in [7, 11) is 0. The lowest BCUT2D eigenvalue weighted by Crippen LogP contribution is -2.24. The minimum atomic E-state index is -0.0350. The number of benzene rings is 2. The molecule has 0 unspecified atom stereocenters. The number of fused-ring (bicyclic) bond motifs is 3. The summed E-state index contributed by atoms with van der Waals surface area (Å²) >= 11 is 1.63. The van der Waals surface area contributed by atoms with Crippen LogP contribution < -0.4 is 5.56 Å². The van der Waals surface area contributed by atoms with Gasteiger partial charge in [0.25, 0.3) is 5.56 Å². The second kappa shape index (κ2) is 8.80. The molecule has 0 aliphatic rings. The van der Waals surface area contributed by atoms with Gasteiger partial charge in [-0.15, -0.1) is 10.2 Å². The lowest BCUT2D eigenvalue weighted by atomic mass is 10.2. The Balaban J connectivity index is 1.74. The molecule has 0 aliphatic heterocycles. The molecule has 0 saturated heterocycles. The summed E-state index contributed by atoms with van der Waals surface area (Å²) in [5, 5.41) is 10.2. The summed E-state index contributed by atoms with van der Waals surface area (Å²) < 4.78 is 9.15. The number of ether oxygens (including phenoxy) is 1. The SMILES string of the molecule is CCOCCCn1c(=O)c2ccccc2n2c(SCc3cccc(C)c3)nnc12. The number of hydrogen-bond acceptors (Lipinski definition) is 5. The van der Waals surface area contributed by atoms with Crippen molar-refractivity contribution in [1.82, 2.24) is 19.2 Å². The van der Waals surface area contributed by atoms with E-state index in [2.05, 4.69) is 41.4 Å². The van der Waals surface area contributed by atoms with Gasteiger partial charge in [0.05, 0.1) is 10.9 Å². The Bertz CT molecular complexity index is 1200. The van der Waals surface area contributed by atoms with E-state index in [0.717, 1.165) is 22.8 Å². The molecule has 4 aromatic rings. The summed E-state index contributed by atoms with van der Waals surface area (Å²) in [6, 6.07) is 16.1. The fraction of sp³-hybridized carbons (Fsp3) is 0.318. The molecule has 0 fully saturated rings. The smallest absolute Gasteiger partial charge is 0.262 e. The van der Waals surface area contributed by atoms with Crippen molar-refractivity contribution >= 4 is 28.4 Å². The Kier molecular flexibility index (Phi) is 5.97. The topological polar surface area (TPSA) is 61.4 Å². The molecule has 29 heavy (non-hydrogen) atoms. The van der Waals surface area contributed by atoms with E-state index in [1.165, 1.54) is 11.1 Å². The fourth-order valence-corrected chi connectivity index (χ4v) is 4.33. The molecule has 6 nitrogen and oxygen atoms in total. The van der Waals surface area contributed by atoms with Crippen LogP contribution in [-0.4, -0.2) is 32.4 Å². The van der Waals surface area contributed by atoms with E-state index in [1.54, 1.807) is 16.3 Å². The first-order valence-corrected chi connectivity index (χ1v) is 10.8. The predicted molar refractivity (Wildman–Crippen MR) is 117 cm³/mol. The highest BCUT2D eigenvalue weighted by molar-refractivity contribution is 7.98. The van der Waals surface area contributed by atoms with E-state index >= 15 is 0 Å². The molecule has 0 N–H and O–H groups in total. The fourth-order valence-electron chi connectivity index (χ4n) is 3.45. The highest BCUT2D eigenvalue weighted by atomic mass is 32.2. The zero-order chi connectivity index (χ0) is 20.2. The quantitative estimate of drug-likeness (QED) is 0.325. The summed E-state index contributed by atoms with van der Waals surface area (Å²) in [6.07, 6.45) is 0.750. The van der Waals surface area contributed by atoms with Crippen LogP contribution in [0.5, 0.6) is 0 Å². The first kappa shape index (κ1) is 19.7. The molecule has 0 radical (unpaired) electrons. The molecular weight excluding hydrogens is 384 g/mol. The Labute approximate surface area is 173 Å². The minimum absolute atomic E-state index is 0.0350. The Hall–Kier alpha value is -2.64. The summed E-state index contributed by atoms with van der Waals surface area (Å²) in [6.45, 7) is 5.90. The number of aromatic nitrogens is 4. The van der Waals surface area contributed by atoms with Gasteiger partial charge in [-0.25, -0.2) is 0 Å². The highest BCUT2D eigenvalue weighted by Crippen LogP contribution is 2.25. The maximum atomic E-state index is 13.1. The van der Waals surface area contributed by atoms with Crippen molar-refractivity contribution in [2.45, 2.75) is 37.7 Å². The predicted octanol–water partition coefficient (Wildman–Crippen LogP) is 4.07. The van der Waals surface area contributed by atoms with Crippen molar-refractivity contribution in [3.05, 3.63) is 70.0 Å². The molecule has 0 atom stereocenters. The van der Waals surface area contributed by atoms with Crippen molar-refractivity contribution in [3.8, 4) is 0 Å². The van der Waals surface area contributed by atoms with Crippen LogP contribution in [0.4, 0.5) is 0 Å². The zero-order valence-corrected chi connectivity index (χ0v) is 17.5. The van der Waals surface area contributed by atoms with Crippen molar-refractivity contribution in [3.63, 3.8) is 0 Å². The monoisotopic (exact) mass is 408 g/mol. The van der Waals surface area contributed by atoms with Gasteiger partial charge in [0.2, 0.25) is 5.78 Å². The first-order chi connectivity index (χ1) is 14.2. The molecule has 0 bridgehead atoms. The molecule has 2 aromatic heterocycles. The number of rotatable bonds is 8. The van der Waals surface area contributed by atoms with E-state index in [9.17, 15) is 4.79 Å². The maximum Gasteiger partial charge on any atom is 0.262 e. The molecular formula is C22H24N4O2S. The minimum Gasteiger partial charge on any atom is -0.382 e. The molecule has 0 saturated carbocycles. The summed E-state index contributed by atoms with van der Waals surface area (Å²) in [5.74, 6) is 1.37. The second-order valence-electron chi connectivity index (χ2n) is 6.92. The standard InChI is InChI=1S/C22H24N4O2S/c1-3-28-13-7-12-25-20(27)18-10-4-5-11-19(18)26-21(25)23-24-22(26)29-15-17-9-6-8-16(2)14-17/h4-6,8-11,14H,3,7,12-13,15H2,1-2H3. The lowest BCUT2D eigenvalue weighted by molar-refractivity contribution is 0.141. The second-order valence-corrected chi connectivity index (χ2v) is 7.86. The highest BCUT2D eigenvalue weighted by Gasteiger charge is 2.16. The van der Waals surface area contributed by atoms with Crippen LogP contribution in [0.25, 0.3) is 16.7 Å². The summed E-state index contributed by atoms with van der Waals surface area (Å²) in [4.78, 5) is 13.1. The molecule has 0 amide bonds. The van der Waals surface area contributed by atoms with Crippen LogP contribution in [0.1, 0.15) is 24.5 Å². The first-order valence-electron chi connectivity index (χ1n) is 9.82. The van der Waals surface area contributed by atoms with E-state index < -0.39 is 0 Å². The number of nitrogens with zero attached hydrogens (tertiary/aromatic N) is 4. The van der Waals surface area contributed by atoms with Crippen molar-refractivity contribution < 1.29 is 4.74 Å². The van der Waals surface area contributed by atoms with Gasteiger partial charge < -0.3 is 4.74 Å². The van der Waals surface area contributed by atoms with Gasteiger partial charge in [-0.2, -0.15) is 0 Å². The van der Waals surface area contributed by atoms with Gasteiger partial charge >= 0.3 is 0 Å². The van der Waals surface area contributed by atoms with E-state index in [-0.39, 0.29) is 5.56 Å². The van der Waals surface area contributed by atoms with Crippen LogP contribution in [0.2, 0.25) is 0 Å². The van der Waals surface area contributed by atoms with Crippen molar-refractivity contribution in [1.29, 1.82) is 0 Å². The normalized spacial score (nSPS) is 11.5. The molecule has 0 aliphatic carbocycles. The van der Waals surface area contributed by atoms with Crippen molar-refractivity contribution in [2.24, 2.45) is 0 Å². The van der Waals surface area contributed by atoms with Crippen LogP contribution in [0.15, 0.2) is 58.5 Å². The Morgan fingerprint density at radius 2 is 1.97 bits per heavy atom. The third-order valence-corrected chi connectivity index (χ3v) is 5.80. The van der Waals surface area contributed by atoms with E-state index in [1.807, 2.05) is 35.6 Å². The number of aryl methyl sites for hydroxylation is 2. The van der Waals surface area contributed by atoms with Gasteiger partial charge in [-0.3, -0.25) is 13.8 Å². The molecule has 0 spiro atoms. The number of para-hydroxylation sites is 1. The van der Waals surface area contributed by atoms with Gasteiger partial charge in [0, 0.05) is 25.5 Å². The lowest BCUT2D eigenvalue weighted by Gasteiger charge is -2.11. The molecule has 2 aromatic carbocycles. The van der Waals surface area contributed by atoms with Crippen LogP contribution in [-0.2, 0) is 17.0 Å². The number of hydrogen-bond donors (Lipinski definition) is 0. The van der Waals surface area contributed by atoms with Crippen LogP contribution in [0, 0.1) is 6.92 Å². The Morgan fingerprint density at radius 3 is 2.79 bits per heavy atom. The average Bonchev–Trinajstić information content (AvgIpc) is 3.16. The molecule has 4 rings (SSSR count). The summed E-state index contributed by atoms with van der Waals surface area (Å²) in [5.41, 5.74) is 3.28. The van der Waals surface area contributed by atoms with Gasteiger partial charge in [-0.1, -0.05) is 53.7 Å². The Morgan fingerprint density at radius 1 is 1.10 bits per heavy atom. The molecule has 2 heterocycles. The van der Waals surface area contributed by atoms with Gasteiger partial charge in [0.1, 0.15) is 0 Å². The molecule has 150 valence electrons. The zero-order valence-electron chi connectivity index (χ0n) is 16.7. The van der Waals surface area contributed by atoms with Gasteiger partial charge in [-0.05, 0) is 38.0 Å².